The molecule has 170 valence electrons. The van der Waals surface area contributed by atoms with Crippen LogP contribution in [0.4, 0.5) is 19.0 Å². The molecule has 2 aromatic carbocycles. The fraction of sp³-hybridized carbons (Fsp3) is 0.391. The number of anilines is 1. The zero-order valence-corrected chi connectivity index (χ0v) is 18.3. The number of aromatic nitrogens is 2. The number of amides is 1. The number of aromatic amines is 1. The van der Waals surface area contributed by atoms with E-state index in [2.05, 4.69) is 15.5 Å². The summed E-state index contributed by atoms with van der Waals surface area (Å²) < 4.78 is 40.0. The van der Waals surface area contributed by atoms with Crippen molar-refractivity contribution >= 4 is 34.2 Å². The smallest absolute Gasteiger partial charge is 0.368 e. The number of benzene rings is 2. The molecule has 0 spiro atoms. The summed E-state index contributed by atoms with van der Waals surface area (Å²) in [6.07, 6.45) is -1.54. The minimum absolute atomic E-state index is 0.0329. The highest BCUT2D eigenvalue weighted by molar-refractivity contribution is 6.34. The zero-order valence-electron chi connectivity index (χ0n) is 17.5. The van der Waals surface area contributed by atoms with Gasteiger partial charge in [-0.1, -0.05) is 23.7 Å². The third-order valence-electron chi connectivity index (χ3n) is 6.34. The lowest BCUT2D eigenvalue weighted by atomic mass is 9.78. The summed E-state index contributed by atoms with van der Waals surface area (Å²) in [6.45, 7) is 2.76. The van der Waals surface area contributed by atoms with Gasteiger partial charge in [0.25, 0.3) is 0 Å². The van der Waals surface area contributed by atoms with Crippen LogP contribution in [0.25, 0.3) is 10.9 Å². The number of halogens is 4. The molecule has 4 rings (SSSR count). The molecule has 3 aromatic rings. The molecule has 1 aromatic heterocycles. The lowest BCUT2D eigenvalue weighted by Gasteiger charge is -2.30. The summed E-state index contributed by atoms with van der Waals surface area (Å²) in [5.74, 6) is 0.0730. The van der Waals surface area contributed by atoms with Crippen LogP contribution >= 0.6 is 11.6 Å². The van der Waals surface area contributed by atoms with E-state index in [1.165, 1.54) is 0 Å². The topological polar surface area (TPSA) is 83.8 Å². The molecule has 0 unspecified atom stereocenters. The summed E-state index contributed by atoms with van der Waals surface area (Å²) in [6, 6.07) is 7.79. The minimum atomic E-state index is -4.57. The molecule has 1 saturated carbocycles. The Morgan fingerprint density at radius 1 is 1.25 bits per heavy atom. The number of carbonyl (C=O) groups is 1. The van der Waals surface area contributed by atoms with Gasteiger partial charge in [0.15, 0.2) is 5.82 Å². The van der Waals surface area contributed by atoms with E-state index >= 15 is 0 Å². The highest BCUT2D eigenvalue weighted by atomic mass is 35.5. The second-order valence-electron chi connectivity index (χ2n) is 8.46. The summed E-state index contributed by atoms with van der Waals surface area (Å²) >= 11 is 6.30. The lowest BCUT2D eigenvalue weighted by molar-refractivity contribution is -0.137. The van der Waals surface area contributed by atoms with Crippen molar-refractivity contribution in [1.82, 2.24) is 10.2 Å². The molecule has 9 heteroatoms. The van der Waals surface area contributed by atoms with Gasteiger partial charge in [-0.15, -0.1) is 0 Å². The number of hydrogen-bond donors (Lipinski definition) is 3. The van der Waals surface area contributed by atoms with Crippen molar-refractivity contribution in [3.63, 3.8) is 0 Å². The van der Waals surface area contributed by atoms with Crippen LogP contribution in [0.15, 0.2) is 30.3 Å². The van der Waals surface area contributed by atoms with Crippen molar-refractivity contribution in [2.75, 3.05) is 11.9 Å². The second-order valence-corrected chi connectivity index (χ2v) is 8.84. The van der Waals surface area contributed by atoms with Gasteiger partial charge in [-0.25, -0.2) is 0 Å². The Bertz CT molecular complexity index is 1150. The summed E-state index contributed by atoms with van der Waals surface area (Å²) in [7, 11) is 0. The van der Waals surface area contributed by atoms with Gasteiger partial charge in [-0.3, -0.25) is 9.89 Å². The maximum absolute atomic E-state index is 13.3. The molecule has 0 saturated heterocycles. The van der Waals surface area contributed by atoms with E-state index in [-0.39, 0.29) is 16.5 Å². The van der Waals surface area contributed by atoms with Crippen molar-refractivity contribution in [2.24, 2.45) is 11.7 Å². The molecule has 5 nitrogen and oxygen atoms in total. The van der Waals surface area contributed by atoms with Crippen molar-refractivity contribution in [1.29, 1.82) is 0 Å². The first-order chi connectivity index (χ1) is 15.1. The average Bonchev–Trinajstić information content (AvgIpc) is 3.16. The molecule has 0 aliphatic heterocycles. The van der Waals surface area contributed by atoms with Gasteiger partial charge in [0, 0.05) is 11.9 Å². The fourth-order valence-electron chi connectivity index (χ4n) is 4.58. The standard InChI is InChI=1S/C23H24ClF3N4O/c1-12-3-2-4-18-19(12)22(31-30-18)29-11-13-5-7-14(8-6-13)16-9-15(23(25,26)27)10-17(20(16)24)21(28)32/h2-4,9-10,13-14H,5-8,11H2,1H3,(H2,28,32)(H2,29,30,31). The average molecular weight is 465 g/mol. The molecule has 1 aliphatic rings. The van der Waals surface area contributed by atoms with Crippen molar-refractivity contribution < 1.29 is 18.0 Å². The van der Waals surface area contributed by atoms with Gasteiger partial charge in [-0.05, 0) is 73.8 Å². The van der Waals surface area contributed by atoms with Crippen LogP contribution in [-0.4, -0.2) is 22.6 Å². The molecule has 0 atom stereocenters. The Balaban J connectivity index is 1.45. The number of aryl methyl sites for hydroxylation is 1. The van der Waals surface area contributed by atoms with Gasteiger partial charge in [0.1, 0.15) is 0 Å². The fourth-order valence-corrected chi connectivity index (χ4v) is 4.94. The molecule has 1 amide bonds. The third-order valence-corrected chi connectivity index (χ3v) is 6.76. The molecule has 0 bridgehead atoms. The number of primary amides is 1. The normalized spacial score (nSPS) is 19.3. The van der Waals surface area contributed by atoms with E-state index < -0.39 is 17.6 Å². The number of carbonyl (C=O) groups excluding carboxylic acids is 1. The first-order valence-corrected chi connectivity index (χ1v) is 10.9. The SMILES string of the molecule is Cc1cccc2[nH]nc(NCC3CCC(c4cc(C(F)(F)F)cc(C(N)=O)c4Cl)CC3)c12. The monoisotopic (exact) mass is 464 g/mol. The number of nitrogens with two attached hydrogens (primary N) is 1. The molecular weight excluding hydrogens is 441 g/mol. The first-order valence-electron chi connectivity index (χ1n) is 10.5. The maximum atomic E-state index is 13.3. The van der Waals surface area contributed by atoms with Crippen LogP contribution in [-0.2, 0) is 6.18 Å². The molecule has 1 heterocycles. The number of fused-ring (bicyclic) bond motifs is 1. The lowest BCUT2D eigenvalue weighted by Crippen LogP contribution is -2.22. The van der Waals surface area contributed by atoms with E-state index in [0.717, 1.165) is 53.8 Å². The third kappa shape index (κ3) is 4.41. The Hall–Kier alpha value is -2.74. The Morgan fingerprint density at radius 3 is 2.62 bits per heavy atom. The Labute approximate surface area is 188 Å². The van der Waals surface area contributed by atoms with Gasteiger partial charge in [0.05, 0.1) is 21.7 Å². The van der Waals surface area contributed by atoms with Gasteiger partial charge >= 0.3 is 6.18 Å². The predicted molar refractivity (Wildman–Crippen MR) is 119 cm³/mol. The maximum Gasteiger partial charge on any atom is 0.416 e. The van der Waals surface area contributed by atoms with Crippen molar-refractivity contribution in [2.45, 2.75) is 44.7 Å². The summed E-state index contributed by atoms with van der Waals surface area (Å²) in [5, 5.41) is 11.9. The number of H-pyrrole nitrogens is 1. The van der Waals surface area contributed by atoms with Crippen molar-refractivity contribution in [3.05, 3.63) is 57.6 Å². The van der Waals surface area contributed by atoms with Gasteiger partial charge in [0.2, 0.25) is 5.91 Å². The number of nitrogens with zero attached hydrogens (tertiary/aromatic N) is 1. The van der Waals surface area contributed by atoms with Crippen LogP contribution in [0.5, 0.6) is 0 Å². The van der Waals surface area contributed by atoms with E-state index in [1.54, 1.807) is 0 Å². The highest BCUT2D eigenvalue weighted by Gasteiger charge is 2.34. The Morgan fingerprint density at radius 2 is 1.97 bits per heavy atom. The summed E-state index contributed by atoms with van der Waals surface area (Å²) in [5.41, 5.74) is 6.57. The second kappa shape index (κ2) is 8.65. The largest absolute Gasteiger partial charge is 0.416 e. The van der Waals surface area contributed by atoms with E-state index in [1.807, 2.05) is 25.1 Å². The molecule has 1 aliphatic carbocycles. The number of hydrogen-bond acceptors (Lipinski definition) is 3. The number of rotatable bonds is 5. The van der Waals surface area contributed by atoms with Crippen LogP contribution < -0.4 is 11.1 Å². The molecular formula is C23H24ClF3N4O. The molecule has 4 N–H and O–H groups in total. The number of nitrogens with one attached hydrogen (secondary N) is 2. The quantitative estimate of drug-likeness (QED) is 0.431. The molecule has 32 heavy (non-hydrogen) atoms. The van der Waals surface area contributed by atoms with Gasteiger partial charge in [-0.2, -0.15) is 18.3 Å². The molecule has 0 radical (unpaired) electrons. The van der Waals surface area contributed by atoms with Crippen LogP contribution in [0.3, 0.4) is 0 Å². The predicted octanol–water partition coefficient (Wildman–Crippen LogP) is 6.03. The first kappa shape index (κ1) is 22.5. The minimum Gasteiger partial charge on any atom is -0.368 e. The van der Waals surface area contributed by atoms with Crippen LogP contribution in [0, 0.1) is 12.8 Å². The molecule has 1 fully saturated rings. The van der Waals surface area contributed by atoms with Crippen molar-refractivity contribution in [3.8, 4) is 0 Å². The van der Waals surface area contributed by atoms with Crippen LogP contribution in [0.2, 0.25) is 5.02 Å². The van der Waals surface area contributed by atoms with Gasteiger partial charge < -0.3 is 11.1 Å². The highest BCUT2D eigenvalue weighted by Crippen LogP contribution is 2.42. The number of alkyl halides is 3. The van der Waals surface area contributed by atoms with E-state index in [9.17, 15) is 18.0 Å². The Kier molecular flexibility index (Phi) is 6.07. The van der Waals surface area contributed by atoms with E-state index in [4.69, 9.17) is 17.3 Å². The van der Waals surface area contributed by atoms with E-state index in [0.29, 0.717) is 24.3 Å². The van der Waals surface area contributed by atoms with Crippen LogP contribution in [0.1, 0.15) is 58.6 Å². The summed E-state index contributed by atoms with van der Waals surface area (Å²) in [4.78, 5) is 11.7. The zero-order chi connectivity index (χ0) is 23.0.